The number of sulfonamides is 1. The number of carbonyl (C=O) groups is 2. The summed E-state index contributed by atoms with van der Waals surface area (Å²) in [6, 6.07) is 23.3. The maximum atomic E-state index is 13.1. The van der Waals surface area contributed by atoms with Gasteiger partial charge in [-0.25, -0.2) is 8.42 Å². The molecule has 1 aliphatic heterocycles. The van der Waals surface area contributed by atoms with Gasteiger partial charge in [0.1, 0.15) is 5.75 Å². The number of nitrogens with zero attached hydrogens (tertiary/aromatic N) is 1. The molecule has 0 saturated heterocycles. The Morgan fingerprint density at radius 1 is 0.971 bits per heavy atom. The molecule has 1 unspecified atom stereocenters. The van der Waals surface area contributed by atoms with E-state index in [2.05, 4.69) is 10.6 Å². The van der Waals surface area contributed by atoms with Gasteiger partial charge in [-0.3, -0.25) is 13.9 Å². The molecule has 0 aliphatic carbocycles. The number of benzene rings is 3. The summed E-state index contributed by atoms with van der Waals surface area (Å²) in [5.41, 5.74) is 2.20. The lowest BCUT2D eigenvalue weighted by atomic mass is 10.1. The van der Waals surface area contributed by atoms with E-state index in [1.54, 1.807) is 48.5 Å². The maximum Gasteiger partial charge on any atom is 0.265 e. The Hall–Kier alpha value is -3.85. The van der Waals surface area contributed by atoms with Crippen LogP contribution in [0.15, 0.2) is 78.9 Å². The number of amides is 2. The molecule has 0 bridgehead atoms. The molecule has 0 fully saturated rings. The number of ether oxygens (including phenoxy) is 1. The monoisotopic (exact) mass is 493 g/mol. The van der Waals surface area contributed by atoms with Crippen LogP contribution in [-0.4, -0.2) is 45.7 Å². The van der Waals surface area contributed by atoms with Gasteiger partial charge in [0.25, 0.3) is 11.8 Å². The first kappa shape index (κ1) is 24.3. The lowest BCUT2D eigenvalue weighted by Gasteiger charge is -2.20. The van der Waals surface area contributed by atoms with Crippen LogP contribution in [-0.2, 0) is 21.2 Å². The molecule has 0 spiro atoms. The molecule has 1 heterocycles. The quantitative estimate of drug-likeness (QED) is 0.526. The van der Waals surface area contributed by atoms with Gasteiger partial charge in [0.05, 0.1) is 23.2 Å². The third kappa shape index (κ3) is 5.99. The molecule has 1 aliphatic rings. The van der Waals surface area contributed by atoms with E-state index in [9.17, 15) is 18.0 Å². The molecule has 0 aromatic heterocycles. The van der Waals surface area contributed by atoms with Crippen molar-refractivity contribution in [2.75, 3.05) is 29.0 Å². The molecule has 0 radical (unpaired) electrons. The zero-order valence-corrected chi connectivity index (χ0v) is 20.1. The van der Waals surface area contributed by atoms with Gasteiger partial charge in [0, 0.05) is 19.5 Å². The Balaban J connectivity index is 1.45. The van der Waals surface area contributed by atoms with Crippen molar-refractivity contribution < 1.29 is 22.7 Å². The van der Waals surface area contributed by atoms with Crippen LogP contribution in [0.5, 0.6) is 5.75 Å². The zero-order chi connectivity index (χ0) is 24.8. The molecule has 8 nitrogen and oxygen atoms in total. The summed E-state index contributed by atoms with van der Waals surface area (Å²) in [5.74, 6) is -0.450. The van der Waals surface area contributed by atoms with Crippen LogP contribution >= 0.6 is 0 Å². The summed E-state index contributed by atoms with van der Waals surface area (Å²) in [7, 11) is -3.55. The van der Waals surface area contributed by atoms with Crippen LogP contribution in [0.3, 0.4) is 0 Å². The lowest BCUT2D eigenvalue weighted by Crippen LogP contribution is -2.36. The summed E-state index contributed by atoms with van der Waals surface area (Å²) in [5, 5.41) is 5.68. The molecule has 3 aromatic rings. The van der Waals surface area contributed by atoms with Crippen LogP contribution in [0.4, 0.5) is 11.4 Å². The Labute approximate surface area is 205 Å². The van der Waals surface area contributed by atoms with Gasteiger partial charge in [-0.1, -0.05) is 54.6 Å². The first-order chi connectivity index (χ1) is 16.8. The highest BCUT2D eigenvalue weighted by Crippen LogP contribution is 2.34. The molecule has 2 amide bonds. The van der Waals surface area contributed by atoms with Crippen molar-refractivity contribution in [2.45, 2.75) is 18.9 Å². The van der Waals surface area contributed by atoms with Gasteiger partial charge in [0.15, 0.2) is 6.10 Å². The van der Waals surface area contributed by atoms with Crippen LogP contribution in [0.25, 0.3) is 0 Å². The average Bonchev–Trinajstić information content (AvgIpc) is 3.05. The number of carbonyl (C=O) groups excluding carboxylic acids is 2. The van der Waals surface area contributed by atoms with Crippen LogP contribution in [0.2, 0.25) is 0 Å². The van der Waals surface area contributed by atoms with E-state index in [4.69, 9.17) is 4.74 Å². The first-order valence-corrected chi connectivity index (χ1v) is 13.1. The molecule has 9 heteroatoms. The lowest BCUT2D eigenvalue weighted by molar-refractivity contribution is -0.122. The molecule has 4 rings (SSSR count). The number of rotatable bonds is 7. The second-order valence-corrected chi connectivity index (χ2v) is 10.1. The topological polar surface area (TPSA) is 105 Å². The number of anilines is 2. The fourth-order valence-electron chi connectivity index (χ4n) is 3.92. The summed E-state index contributed by atoms with van der Waals surface area (Å²) in [6.07, 6.45) is 1.03. The number of fused-ring (bicyclic) bond motifs is 1. The highest BCUT2D eigenvalue weighted by Gasteiger charge is 2.31. The van der Waals surface area contributed by atoms with E-state index < -0.39 is 22.0 Å². The van der Waals surface area contributed by atoms with Crippen LogP contribution in [0, 0.1) is 0 Å². The Bertz CT molecular complexity index is 1310. The van der Waals surface area contributed by atoms with E-state index in [1.165, 1.54) is 4.31 Å². The summed E-state index contributed by atoms with van der Waals surface area (Å²) in [4.78, 5) is 25.9. The molecule has 1 atom stereocenters. The fourth-order valence-corrected chi connectivity index (χ4v) is 4.87. The van der Waals surface area contributed by atoms with E-state index >= 15 is 0 Å². The molecular formula is C26H27N3O5S. The first-order valence-electron chi connectivity index (χ1n) is 11.3. The molecule has 35 heavy (non-hydrogen) atoms. The number of hydrogen-bond donors (Lipinski definition) is 2. The fraction of sp³-hybridized carbons (Fsp3) is 0.231. The van der Waals surface area contributed by atoms with Gasteiger partial charge in [0.2, 0.25) is 10.0 Å². The Kier molecular flexibility index (Phi) is 7.36. The summed E-state index contributed by atoms with van der Waals surface area (Å²) in [6.45, 7) is 0.546. The zero-order valence-electron chi connectivity index (χ0n) is 19.3. The van der Waals surface area contributed by atoms with Crippen molar-refractivity contribution in [1.29, 1.82) is 0 Å². The van der Waals surface area contributed by atoms with Crippen LogP contribution < -0.4 is 19.7 Å². The van der Waals surface area contributed by atoms with E-state index in [1.807, 2.05) is 30.3 Å². The van der Waals surface area contributed by atoms with E-state index in [0.29, 0.717) is 35.7 Å². The van der Waals surface area contributed by atoms with Crippen molar-refractivity contribution in [3.8, 4) is 5.75 Å². The minimum atomic E-state index is -3.55. The van der Waals surface area contributed by atoms with Gasteiger partial charge in [-0.2, -0.15) is 0 Å². The van der Waals surface area contributed by atoms with E-state index in [-0.39, 0.29) is 18.9 Å². The molecule has 0 saturated carbocycles. The van der Waals surface area contributed by atoms with Crippen LogP contribution in [0.1, 0.15) is 22.3 Å². The third-order valence-corrected chi connectivity index (χ3v) is 6.84. The molecule has 2 N–H and O–H groups in total. The minimum absolute atomic E-state index is 0.0928. The summed E-state index contributed by atoms with van der Waals surface area (Å²) < 4.78 is 31.7. The second kappa shape index (κ2) is 10.6. The van der Waals surface area contributed by atoms with Crippen molar-refractivity contribution in [3.63, 3.8) is 0 Å². The number of hydrogen-bond acceptors (Lipinski definition) is 5. The predicted molar refractivity (Wildman–Crippen MR) is 135 cm³/mol. The minimum Gasteiger partial charge on any atom is -0.478 e. The average molecular weight is 494 g/mol. The molecular weight excluding hydrogens is 466 g/mol. The second-order valence-electron chi connectivity index (χ2n) is 8.22. The molecule has 3 aromatic carbocycles. The maximum absolute atomic E-state index is 13.1. The van der Waals surface area contributed by atoms with Gasteiger partial charge >= 0.3 is 0 Å². The number of para-hydroxylation sites is 3. The smallest absolute Gasteiger partial charge is 0.265 e. The highest BCUT2D eigenvalue weighted by molar-refractivity contribution is 7.92. The Morgan fingerprint density at radius 3 is 2.43 bits per heavy atom. The normalized spacial score (nSPS) is 15.3. The van der Waals surface area contributed by atoms with Gasteiger partial charge in [-0.05, 0) is 36.2 Å². The SMILES string of the molecule is CS(=O)(=O)N1CCC(C(=O)Nc2ccccc2C(=O)NCCc2ccccc2)Oc2ccccc21. The van der Waals surface area contributed by atoms with Crippen molar-refractivity contribution in [3.05, 3.63) is 90.0 Å². The Morgan fingerprint density at radius 2 is 1.66 bits per heavy atom. The third-order valence-electron chi connectivity index (χ3n) is 5.66. The van der Waals surface area contributed by atoms with Crippen molar-refractivity contribution in [2.24, 2.45) is 0 Å². The predicted octanol–water partition coefficient (Wildman–Crippen LogP) is 3.21. The molecule has 182 valence electrons. The largest absolute Gasteiger partial charge is 0.478 e. The van der Waals surface area contributed by atoms with Gasteiger partial charge in [-0.15, -0.1) is 0 Å². The number of nitrogens with one attached hydrogen (secondary N) is 2. The van der Waals surface area contributed by atoms with Crippen molar-refractivity contribution in [1.82, 2.24) is 5.32 Å². The standard InChI is InChI=1S/C26H27N3O5S/c1-35(32,33)29-18-16-24(34-23-14-8-7-13-22(23)29)26(31)28-21-12-6-5-11-20(21)25(30)27-17-15-19-9-3-2-4-10-19/h2-14,24H,15-18H2,1H3,(H,27,30)(H,28,31). The van der Waals surface area contributed by atoms with E-state index in [0.717, 1.165) is 11.8 Å². The summed E-state index contributed by atoms with van der Waals surface area (Å²) >= 11 is 0. The van der Waals surface area contributed by atoms with Gasteiger partial charge < -0.3 is 15.4 Å². The van der Waals surface area contributed by atoms with Crippen molar-refractivity contribution >= 4 is 33.2 Å². The highest BCUT2D eigenvalue weighted by atomic mass is 32.2.